The van der Waals surface area contributed by atoms with Gasteiger partial charge in [0.2, 0.25) is 5.95 Å². The Kier molecular flexibility index (Phi) is 6.28. The Hall–Kier alpha value is -7.05. The van der Waals surface area contributed by atoms with Gasteiger partial charge in [-0.3, -0.25) is 4.57 Å². The number of benzene rings is 7. The summed E-state index contributed by atoms with van der Waals surface area (Å²) in [5.41, 5.74) is 11.2. The number of furan rings is 1. The number of nitrogens with zero attached hydrogens (tertiary/aromatic N) is 5. The molecule has 0 atom stereocenters. The van der Waals surface area contributed by atoms with Gasteiger partial charge in [-0.2, -0.15) is 9.97 Å². The minimum Gasteiger partial charge on any atom is -0.456 e. The minimum absolute atomic E-state index is 0.581. The van der Waals surface area contributed by atoms with Crippen LogP contribution in [0.25, 0.3) is 100.0 Å². The number of aromatic nitrogens is 5. The first-order valence-electron chi connectivity index (χ1n) is 17.9. The van der Waals surface area contributed by atoms with Gasteiger partial charge >= 0.3 is 0 Å². The van der Waals surface area contributed by atoms with Gasteiger partial charge in [-0.05, 0) is 68.4 Å². The third-order valence-corrected chi connectivity index (χ3v) is 10.4. The maximum Gasteiger partial charge on any atom is 0.238 e. The van der Waals surface area contributed by atoms with E-state index < -0.39 is 0 Å². The first-order valence-corrected chi connectivity index (χ1v) is 17.9. The number of rotatable bonds is 4. The fourth-order valence-electron chi connectivity index (χ4n) is 8.21. The Labute approximate surface area is 304 Å². The van der Waals surface area contributed by atoms with Crippen molar-refractivity contribution in [2.45, 2.75) is 13.8 Å². The molecule has 0 fully saturated rings. The van der Waals surface area contributed by atoms with Crippen LogP contribution < -0.4 is 0 Å². The molecule has 0 unspecified atom stereocenters. The van der Waals surface area contributed by atoms with E-state index in [-0.39, 0.29) is 0 Å². The molecular weight excluding hydrogens is 651 g/mol. The van der Waals surface area contributed by atoms with Gasteiger partial charge in [-0.15, -0.1) is 0 Å². The van der Waals surface area contributed by atoms with Gasteiger partial charge < -0.3 is 8.98 Å². The Balaban J connectivity index is 1.17. The second-order valence-corrected chi connectivity index (χ2v) is 13.9. The largest absolute Gasteiger partial charge is 0.456 e. The molecule has 4 heterocycles. The summed E-state index contributed by atoms with van der Waals surface area (Å²) in [5.74, 6) is 1.82. The van der Waals surface area contributed by atoms with E-state index >= 15 is 0 Å². The molecule has 0 saturated carbocycles. The molecule has 7 aromatic carbocycles. The second kappa shape index (κ2) is 11.2. The molecule has 6 nitrogen and oxygen atoms in total. The molecule has 0 bridgehead atoms. The van der Waals surface area contributed by atoms with Crippen LogP contribution >= 0.6 is 0 Å². The summed E-state index contributed by atoms with van der Waals surface area (Å²) in [4.78, 5) is 15.6. The molecule has 53 heavy (non-hydrogen) atoms. The standard InChI is InChI=1S/C47H31N5O/c1-28-23-29(2)25-31(24-28)46-48-45(49-47(50-46)52-40-16-8-4-11-33(40)34-12-5-9-17-41(34)52)30-19-21-36-35-13-3-7-15-39(35)51(42(36)26-30)32-20-22-38-37-14-6-10-18-43(37)53-44(38)27-32/h3-27H,1-2H3. The molecule has 0 aliphatic heterocycles. The van der Waals surface area contributed by atoms with Crippen molar-refractivity contribution in [3.63, 3.8) is 0 Å². The van der Waals surface area contributed by atoms with Crippen molar-refractivity contribution in [1.29, 1.82) is 0 Å². The molecule has 0 amide bonds. The van der Waals surface area contributed by atoms with Gasteiger partial charge in [0.05, 0.1) is 22.1 Å². The van der Waals surface area contributed by atoms with Crippen LogP contribution in [0.2, 0.25) is 0 Å². The molecule has 11 rings (SSSR count). The highest BCUT2D eigenvalue weighted by Gasteiger charge is 2.20. The van der Waals surface area contributed by atoms with E-state index in [9.17, 15) is 0 Å². The molecule has 11 aromatic rings. The Morgan fingerprint density at radius 2 is 0.925 bits per heavy atom. The normalized spacial score (nSPS) is 12.0. The summed E-state index contributed by atoms with van der Waals surface area (Å²) >= 11 is 0. The molecule has 6 heteroatoms. The third-order valence-electron chi connectivity index (χ3n) is 10.4. The maximum absolute atomic E-state index is 6.35. The summed E-state index contributed by atoms with van der Waals surface area (Å²) in [6.07, 6.45) is 0. The Bertz CT molecular complexity index is 3200. The third kappa shape index (κ3) is 4.55. The van der Waals surface area contributed by atoms with Crippen LogP contribution in [0.5, 0.6) is 0 Å². The molecule has 4 aromatic heterocycles. The first kappa shape index (κ1) is 29.7. The lowest BCUT2D eigenvalue weighted by molar-refractivity contribution is 0.668. The smallest absolute Gasteiger partial charge is 0.238 e. The summed E-state index contributed by atoms with van der Waals surface area (Å²) in [7, 11) is 0. The monoisotopic (exact) mass is 681 g/mol. The molecule has 0 N–H and O–H groups in total. The van der Waals surface area contributed by atoms with Crippen molar-refractivity contribution in [2.75, 3.05) is 0 Å². The summed E-state index contributed by atoms with van der Waals surface area (Å²) in [5, 5.41) is 6.87. The van der Waals surface area contributed by atoms with Crippen LogP contribution in [-0.4, -0.2) is 24.1 Å². The van der Waals surface area contributed by atoms with E-state index in [1.54, 1.807) is 0 Å². The Morgan fingerprint density at radius 3 is 1.60 bits per heavy atom. The fourth-order valence-corrected chi connectivity index (χ4v) is 8.21. The van der Waals surface area contributed by atoms with Crippen molar-refractivity contribution in [3.05, 3.63) is 163 Å². The van der Waals surface area contributed by atoms with Crippen molar-refractivity contribution in [3.8, 4) is 34.4 Å². The van der Waals surface area contributed by atoms with Crippen LogP contribution in [-0.2, 0) is 0 Å². The number of fused-ring (bicyclic) bond motifs is 9. The van der Waals surface area contributed by atoms with Crippen molar-refractivity contribution >= 4 is 65.6 Å². The van der Waals surface area contributed by atoms with Crippen LogP contribution in [0.4, 0.5) is 0 Å². The SMILES string of the molecule is Cc1cc(C)cc(-c2nc(-c3ccc4c5ccccc5n(-c5ccc6c(c5)oc5ccccc56)c4c3)nc(-n3c4ccccc4c4ccccc43)n2)c1. The van der Waals surface area contributed by atoms with E-state index in [0.717, 1.165) is 88.1 Å². The maximum atomic E-state index is 6.35. The van der Waals surface area contributed by atoms with E-state index in [4.69, 9.17) is 19.4 Å². The van der Waals surface area contributed by atoms with Crippen LogP contribution in [0.3, 0.4) is 0 Å². The predicted molar refractivity (Wildman–Crippen MR) is 216 cm³/mol. The van der Waals surface area contributed by atoms with Crippen LogP contribution in [0.15, 0.2) is 156 Å². The molecule has 0 radical (unpaired) electrons. The Morgan fingerprint density at radius 1 is 0.396 bits per heavy atom. The molecular formula is C47H31N5O. The highest BCUT2D eigenvalue weighted by Crippen LogP contribution is 2.38. The lowest BCUT2D eigenvalue weighted by Gasteiger charge is -2.12. The quantitative estimate of drug-likeness (QED) is 0.185. The van der Waals surface area contributed by atoms with Gasteiger partial charge in [0.25, 0.3) is 0 Å². The summed E-state index contributed by atoms with van der Waals surface area (Å²) in [6.45, 7) is 4.23. The number of para-hydroxylation sites is 4. The predicted octanol–water partition coefficient (Wildman–Crippen LogP) is 11.9. The minimum atomic E-state index is 0.581. The zero-order valence-corrected chi connectivity index (χ0v) is 29.1. The molecule has 0 saturated heterocycles. The van der Waals surface area contributed by atoms with Crippen molar-refractivity contribution < 1.29 is 4.42 Å². The molecule has 0 aliphatic carbocycles. The second-order valence-electron chi connectivity index (χ2n) is 13.9. The van der Waals surface area contributed by atoms with E-state index in [1.165, 1.54) is 5.39 Å². The number of hydrogen-bond donors (Lipinski definition) is 0. The summed E-state index contributed by atoms with van der Waals surface area (Å²) < 4.78 is 10.8. The summed E-state index contributed by atoms with van der Waals surface area (Å²) in [6, 6.07) is 53.2. The van der Waals surface area contributed by atoms with Gasteiger partial charge in [-0.1, -0.05) is 102 Å². The average Bonchev–Trinajstić information content (AvgIpc) is 3.84. The highest BCUT2D eigenvalue weighted by molar-refractivity contribution is 6.11. The van der Waals surface area contributed by atoms with Gasteiger partial charge in [0, 0.05) is 55.2 Å². The topological polar surface area (TPSA) is 61.7 Å². The molecule has 0 spiro atoms. The number of aryl methyl sites for hydroxylation is 2. The first-order chi connectivity index (χ1) is 26.1. The van der Waals surface area contributed by atoms with Gasteiger partial charge in [0.1, 0.15) is 11.2 Å². The highest BCUT2D eigenvalue weighted by atomic mass is 16.3. The zero-order valence-electron chi connectivity index (χ0n) is 29.1. The van der Waals surface area contributed by atoms with Crippen molar-refractivity contribution in [2.24, 2.45) is 0 Å². The zero-order chi connectivity index (χ0) is 35.2. The molecule has 250 valence electrons. The van der Waals surface area contributed by atoms with E-state index in [0.29, 0.717) is 17.6 Å². The lowest BCUT2D eigenvalue weighted by Crippen LogP contribution is -2.06. The van der Waals surface area contributed by atoms with E-state index in [2.05, 4.69) is 163 Å². The number of hydrogen-bond acceptors (Lipinski definition) is 4. The molecule has 0 aliphatic rings. The fraction of sp³-hybridized carbons (Fsp3) is 0.0426. The van der Waals surface area contributed by atoms with Gasteiger partial charge in [-0.25, -0.2) is 4.98 Å². The van der Waals surface area contributed by atoms with Crippen molar-refractivity contribution in [1.82, 2.24) is 24.1 Å². The average molecular weight is 682 g/mol. The van der Waals surface area contributed by atoms with Gasteiger partial charge in [0.15, 0.2) is 11.6 Å². The van der Waals surface area contributed by atoms with E-state index in [1.807, 2.05) is 12.1 Å². The van der Waals surface area contributed by atoms with Crippen LogP contribution in [0, 0.1) is 13.8 Å². The van der Waals surface area contributed by atoms with Crippen LogP contribution in [0.1, 0.15) is 11.1 Å². The lowest BCUT2D eigenvalue weighted by atomic mass is 10.1.